The van der Waals surface area contributed by atoms with Gasteiger partial charge >= 0.3 is 5.63 Å². The molecule has 126 valence electrons. The number of aromatic hydroxyl groups is 2. The summed E-state index contributed by atoms with van der Waals surface area (Å²) in [6.07, 6.45) is 0.609. The highest BCUT2D eigenvalue weighted by Gasteiger charge is 2.23. The summed E-state index contributed by atoms with van der Waals surface area (Å²) >= 11 is 5.82. The van der Waals surface area contributed by atoms with E-state index in [1.54, 1.807) is 12.1 Å². The second-order valence-electron chi connectivity index (χ2n) is 5.19. The third kappa shape index (κ3) is 3.83. The van der Waals surface area contributed by atoms with Crippen LogP contribution in [0.3, 0.4) is 0 Å². The molecule has 0 saturated heterocycles. The number of halogens is 1. The molecular formula is C17H16ClNO5. The van der Waals surface area contributed by atoms with Gasteiger partial charge in [-0.3, -0.25) is 9.79 Å². The van der Waals surface area contributed by atoms with Crippen LogP contribution in [0.1, 0.15) is 35.3 Å². The van der Waals surface area contributed by atoms with E-state index >= 15 is 0 Å². The Balaban J connectivity index is 2.27. The zero-order chi connectivity index (χ0) is 17.9. The summed E-state index contributed by atoms with van der Waals surface area (Å²) in [5.41, 5.74) is -0.381. The molecule has 0 radical (unpaired) electrons. The molecule has 6 nitrogen and oxygen atoms in total. The minimum atomic E-state index is -0.956. The second kappa shape index (κ2) is 7.31. The molecule has 0 aliphatic rings. The van der Waals surface area contributed by atoms with Crippen molar-refractivity contribution in [1.82, 2.24) is 0 Å². The van der Waals surface area contributed by atoms with Crippen molar-refractivity contribution in [2.45, 2.75) is 20.3 Å². The van der Waals surface area contributed by atoms with Crippen molar-refractivity contribution in [3.63, 3.8) is 0 Å². The molecule has 1 aromatic heterocycles. The number of Topliss-reactive ketones (excluding diaryl/α,β-unsaturated/α-hetero) is 1. The number of hydrogen-bond acceptors (Lipinski definition) is 6. The Bertz CT molecular complexity index is 853. The maximum Gasteiger partial charge on any atom is 0.351 e. The molecule has 7 heteroatoms. The van der Waals surface area contributed by atoms with Crippen LogP contribution in [0.4, 0.5) is 0 Å². The fourth-order valence-corrected chi connectivity index (χ4v) is 2.36. The highest BCUT2D eigenvalue weighted by atomic mass is 35.5. The number of nitrogens with zero attached hydrogens (tertiary/aromatic N) is 1. The number of carbonyl (C=O) groups is 1. The Labute approximate surface area is 143 Å². The van der Waals surface area contributed by atoms with Gasteiger partial charge in [0, 0.05) is 11.6 Å². The Kier molecular flexibility index (Phi) is 5.41. The molecule has 1 aromatic carbocycles. The first-order valence-corrected chi connectivity index (χ1v) is 7.55. The van der Waals surface area contributed by atoms with Crippen molar-refractivity contribution in [2.24, 2.45) is 4.99 Å². The zero-order valence-electron chi connectivity index (χ0n) is 13.2. The fourth-order valence-electron chi connectivity index (χ4n) is 2.23. The monoisotopic (exact) mass is 349 g/mol. The van der Waals surface area contributed by atoms with Gasteiger partial charge < -0.3 is 14.6 Å². The van der Waals surface area contributed by atoms with Gasteiger partial charge in [0.15, 0.2) is 5.78 Å². The predicted octanol–water partition coefficient (Wildman–Crippen LogP) is 2.96. The number of carbonyl (C=O) groups excluding carboxylic acids is 1. The third-order valence-corrected chi connectivity index (χ3v) is 3.71. The zero-order valence-corrected chi connectivity index (χ0v) is 13.9. The normalized spacial score (nSPS) is 11.5. The van der Waals surface area contributed by atoms with Crippen molar-refractivity contribution in [3.8, 4) is 11.7 Å². The number of ketones is 1. The van der Waals surface area contributed by atoms with E-state index in [0.717, 1.165) is 12.5 Å². The van der Waals surface area contributed by atoms with Gasteiger partial charge in [-0.15, -0.1) is 0 Å². The van der Waals surface area contributed by atoms with E-state index in [0.29, 0.717) is 18.0 Å². The molecule has 2 N–H and O–H groups in total. The van der Waals surface area contributed by atoms with Gasteiger partial charge in [0.1, 0.15) is 16.9 Å². The molecule has 2 rings (SSSR count). The minimum Gasteiger partial charge on any atom is -0.506 e. The predicted molar refractivity (Wildman–Crippen MR) is 90.5 cm³/mol. The molecule has 0 amide bonds. The smallest absolute Gasteiger partial charge is 0.351 e. The summed E-state index contributed by atoms with van der Waals surface area (Å²) in [6, 6.07) is 7.28. The van der Waals surface area contributed by atoms with Gasteiger partial charge in [0.2, 0.25) is 0 Å². The molecule has 2 aromatic rings. The average molecular weight is 350 g/mol. The number of aliphatic imine (C=N–C) groups is 1. The van der Waals surface area contributed by atoms with Gasteiger partial charge in [-0.1, -0.05) is 23.7 Å². The van der Waals surface area contributed by atoms with Crippen LogP contribution in [0.2, 0.25) is 5.02 Å². The minimum absolute atomic E-state index is 0.220. The largest absolute Gasteiger partial charge is 0.506 e. The van der Waals surface area contributed by atoms with Crippen LogP contribution in [0.5, 0.6) is 11.7 Å². The summed E-state index contributed by atoms with van der Waals surface area (Å²) < 4.78 is 4.60. The Morgan fingerprint density at radius 3 is 2.38 bits per heavy atom. The maximum atomic E-state index is 11.9. The highest BCUT2D eigenvalue weighted by molar-refractivity contribution is 6.30. The first-order valence-electron chi connectivity index (χ1n) is 7.17. The lowest BCUT2D eigenvalue weighted by Gasteiger charge is -2.07. The van der Waals surface area contributed by atoms with Crippen molar-refractivity contribution < 1.29 is 19.4 Å². The van der Waals surface area contributed by atoms with Crippen LogP contribution >= 0.6 is 11.6 Å². The van der Waals surface area contributed by atoms with Gasteiger partial charge in [-0.05, 0) is 38.0 Å². The average Bonchev–Trinajstić information content (AvgIpc) is 2.48. The summed E-state index contributed by atoms with van der Waals surface area (Å²) in [5, 5.41) is 20.2. The lowest BCUT2D eigenvalue weighted by molar-refractivity contribution is 0.100. The molecule has 0 bridgehead atoms. The number of rotatable bonds is 5. The van der Waals surface area contributed by atoms with Crippen LogP contribution in [-0.2, 0) is 6.42 Å². The number of hydrogen-bond donors (Lipinski definition) is 2. The summed E-state index contributed by atoms with van der Waals surface area (Å²) in [7, 11) is 0. The first-order chi connectivity index (χ1) is 11.3. The van der Waals surface area contributed by atoms with Crippen LogP contribution < -0.4 is 5.63 Å². The lowest BCUT2D eigenvalue weighted by atomic mass is 10.1. The van der Waals surface area contributed by atoms with Gasteiger partial charge in [-0.25, -0.2) is 4.79 Å². The highest BCUT2D eigenvalue weighted by Crippen LogP contribution is 2.28. The first kappa shape index (κ1) is 17.7. The van der Waals surface area contributed by atoms with Gasteiger partial charge in [0.25, 0.3) is 5.95 Å². The van der Waals surface area contributed by atoms with E-state index in [1.807, 2.05) is 12.1 Å². The van der Waals surface area contributed by atoms with E-state index in [-0.39, 0.29) is 11.3 Å². The van der Waals surface area contributed by atoms with E-state index in [4.69, 9.17) is 11.6 Å². The summed E-state index contributed by atoms with van der Waals surface area (Å²) in [5.74, 6) is -2.14. The van der Waals surface area contributed by atoms with Gasteiger partial charge in [0.05, 0.1) is 5.71 Å². The van der Waals surface area contributed by atoms with E-state index < -0.39 is 28.7 Å². The summed E-state index contributed by atoms with van der Waals surface area (Å²) in [4.78, 5) is 27.6. The van der Waals surface area contributed by atoms with Crippen molar-refractivity contribution >= 4 is 23.1 Å². The van der Waals surface area contributed by atoms with Crippen molar-refractivity contribution in [1.29, 1.82) is 0 Å². The molecule has 0 unspecified atom stereocenters. The summed E-state index contributed by atoms with van der Waals surface area (Å²) in [6.45, 7) is 3.03. The van der Waals surface area contributed by atoms with Gasteiger partial charge in [-0.2, -0.15) is 0 Å². The maximum absolute atomic E-state index is 11.9. The van der Waals surface area contributed by atoms with Crippen LogP contribution in [0, 0.1) is 0 Å². The Hall–Kier alpha value is -2.60. The van der Waals surface area contributed by atoms with E-state index in [2.05, 4.69) is 9.41 Å². The molecule has 0 saturated carbocycles. The van der Waals surface area contributed by atoms with E-state index in [1.165, 1.54) is 6.92 Å². The molecule has 0 atom stereocenters. The fraction of sp³-hybridized carbons (Fsp3) is 0.235. The molecule has 24 heavy (non-hydrogen) atoms. The molecular weight excluding hydrogens is 334 g/mol. The molecule has 0 aliphatic heterocycles. The SMILES string of the molecule is CC(=O)c1c(O)oc(=O)c(C(C)=NCCc2ccc(Cl)cc2)c1O. The van der Waals surface area contributed by atoms with E-state index in [9.17, 15) is 19.8 Å². The van der Waals surface area contributed by atoms with Crippen LogP contribution in [0.15, 0.2) is 38.5 Å². The standard InChI is InChI=1S/C17H16ClNO5/c1-9(19-8-7-11-3-5-12(18)6-4-11)13-15(21)14(10(2)20)17(23)24-16(13)22/h3-6,21,23H,7-8H2,1-2H3. The molecule has 0 fully saturated rings. The topological polar surface area (TPSA) is 100 Å². The van der Waals surface area contributed by atoms with Crippen LogP contribution in [0.25, 0.3) is 0 Å². The molecule has 0 aliphatic carbocycles. The Morgan fingerprint density at radius 1 is 1.17 bits per heavy atom. The quantitative estimate of drug-likeness (QED) is 0.638. The number of benzene rings is 1. The molecule has 1 heterocycles. The molecule has 0 spiro atoms. The second-order valence-corrected chi connectivity index (χ2v) is 5.63. The van der Waals surface area contributed by atoms with Crippen molar-refractivity contribution in [2.75, 3.05) is 6.54 Å². The van der Waals surface area contributed by atoms with Crippen LogP contribution in [-0.4, -0.2) is 28.3 Å². The van der Waals surface area contributed by atoms with Crippen molar-refractivity contribution in [3.05, 3.63) is 56.4 Å². The Morgan fingerprint density at radius 2 is 1.79 bits per heavy atom. The lowest BCUT2D eigenvalue weighted by Crippen LogP contribution is -2.15. The third-order valence-electron chi connectivity index (χ3n) is 3.46.